The van der Waals surface area contributed by atoms with E-state index in [-0.39, 0.29) is 0 Å². The minimum atomic E-state index is 0.359. The van der Waals surface area contributed by atoms with E-state index in [1.54, 1.807) is 34.9 Å². The average molecular weight is 283 g/mol. The Morgan fingerprint density at radius 3 is 2.41 bits per heavy atom. The lowest BCUT2D eigenvalue weighted by Gasteiger charge is -2.09. The quantitative estimate of drug-likeness (QED) is 0.685. The molecule has 0 fully saturated rings. The van der Waals surface area contributed by atoms with Crippen LogP contribution >= 0.6 is 34.9 Å². The van der Waals surface area contributed by atoms with E-state index in [0.717, 1.165) is 14.4 Å². The van der Waals surface area contributed by atoms with Crippen LogP contribution in [0, 0.1) is 0 Å². The number of thioether (sulfide) groups is 2. The molecule has 90 valence electrons. The van der Waals surface area contributed by atoms with Crippen molar-refractivity contribution < 1.29 is 0 Å². The monoisotopic (exact) mass is 283 g/mol. The van der Waals surface area contributed by atoms with Crippen LogP contribution in [0.25, 0.3) is 0 Å². The van der Waals surface area contributed by atoms with Crippen molar-refractivity contribution in [2.24, 2.45) is 0 Å². The third-order valence-corrected chi connectivity index (χ3v) is 5.39. The number of nitrogen functional groups attached to an aromatic ring is 1. The third kappa shape index (κ3) is 3.37. The van der Waals surface area contributed by atoms with Gasteiger partial charge in [0, 0.05) is 10.9 Å². The smallest absolute Gasteiger partial charge is 0.175 e. The molecule has 0 amide bonds. The van der Waals surface area contributed by atoms with Crippen molar-refractivity contribution >= 4 is 40.5 Å². The van der Waals surface area contributed by atoms with Crippen LogP contribution in [0.5, 0.6) is 0 Å². The minimum Gasteiger partial charge on any atom is -0.399 e. The van der Waals surface area contributed by atoms with Gasteiger partial charge < -0.3 is 5.73 Å². The molecule has 2 N–H and O–H groups in total. The van der Waals surface area contributed by atoms with Crippen LogP contribution in [-0.4, -0.2) is 16.5 Å². The Bertz CT molecular complexity index is 481. The second-order valence-corrected chi connectivity index (χ2v) is 7.08. The van der Waals surface area contributed by atoms with Gasteiger partial charge in [0.25, 0.3) is 0 Å². The summed E-state index contributed by atoms with van der Waals surface area (Å²) >= 11 is 5.00. The van der Waals surface area contributed by atoms with Gasteiger partial charge in [-0.3, -0.25) is 0 Å². The molecule has 1 heterocycles. The highest BCUT2D eigenvalue weighted by Crippen LogP contribution is 2.37. The first-order chi connectivity index (χ1) is 8.19. The van der Waals surface area contributed by atoms with Gasteiger partial charge in [0.1, 0.15) is 0 Å². The normalized spacial score (nSPS) is 12.6. The maximum Gasteiger partial charge on any atom is 0.175 e. The lowest BCUT2D eigenvalue weighted by Crippen LogP contribution is -1.90. The molecule has 3 nitrogen and oxygen atoms in total. The average Bonchev–Trinajstić information content (AvgIpc) is 2.77. The molecule has 6 heteroatoms. The van der Waals surface area contributed by atoms with Crippen LogP contribution in [0.1, 0.15) is 17.7 Å². The Labute approximate surface area is 113 Å². The van der Waals surface area contributed by atoms with Gasteiger partial charge in [0.15, 0.2) is 8.68 Å². The Balaban J connectivity index is 2.05. The van der Waals surface area contributed by atoms with Crippen LogP contribution in [-0.2, 0) is 0 Å². The predicted molar refractivity (Wildman–Crippen MR) is 76.8 cm³/mol. The summed E-state index contributed by atoms with van der Waals surface area (Å²) < 4.78 is 2.02. The molecule has 0 saturated carbocycles. The zero-order valence-electron chi connectivity index (χ0n) is 9.58. The highest BCUT2D eigenvalue weighted by Gasteiger charge is 2.11. The number of benzene rings is 1. The lowest BCUT2D eigenvalue weighted by molar-refractivity contribution is 0.950. The van der Waals surface area contributed by atoms with E-state index in [1.807, 2.05) is 18.4 Å². The highest BCUT2D eigenvalue weighted by molar-refractivity contribution is 8.03. The van der Waals surface area contributed by atoms with E-state index in [0.29, 0.717) is 5.25 Å². The summed E-state index contributed by atoms with van der Waals surface area (Å²) in [6.45, 7) is 2.16. The zero-order chi connectivity index (χ0) is 12.3. The Kier molecular flexibility index (Phi) is 4.31. The zero-order valence-corrected chi connectivity index (χ0v) is 12.0. The number of hydrogen-bond donors (Lipinski definition) is 1. The summed E-state index contributed by atoms with van der Waals surface area (Å²) in [5, 5.41) is 8.60. The van der Waals surface area contributed by atoms with Gasteiger partial charge in [-0.15, -0.1) is 10.2 Å². The van der Waals surface area contributed by atoms with Gasteiger partial charge in [-0.2, -0.15) is 0 Å². The molecule has 0 aliphatic heterocycles. The fourth-order valence-corrected chi connectivity index (χ4v) is 4.02. The van der Waals surface area contributed by atoms with E-state index in [2.05, 4.69) is 29.3 Å². The minimum absolute atomic E-state index is 0.359. The summed E-state index contributed by atoms with van der Waals surface area (Å²) in [5.41, 5.74) is 7.72. The highest BCUT2D eigenvalue weighted by atomic mass is 32.2. The van der Waals surface area contributed by atoms with Crippen molar-refractivity contribution in [3.8, 4) is 0 Å². The van der Waals surface area contributed by atoms with Crippen molar-refractivity contribution in [2.75, 3.05) is 12.0 Å². The second kappa shape index (κ2) is 5.75. The fourth-order valence-electron chi connectivity index (χ4n) is 1.31. The molecule has 0 spiro atoms. The first-order valence-corrected chi connectivity index (χ1v) is 8.00. The Morgan fingerprint density at radius 1 is 1.18 bits per heavy atom. The van der Waals surface area contributed by atoms with Crippen molar-refractivity contribution in [2.45, 2.75) is 20.9 Å². The van der Waals surface area contributed by atoms with Gasteiger partial charge >= 0.3 is 0 Å². The molecule has 1 atom stereocenters. The van der Waals surface area contributed by atoms with Crippen LogP contribution in [0.2, 0.25) is 0 Å². The number of hydrogen-bond acceptors (Lipinski definition) is 6. The van der Waals surface area contributed by atoms with Crippen molar-refractivity contribution in [3.63, 3.8) is 0 Å². The molecule has 0 radical (unpaired) electrons. The van der Waals surface area contributed by atoms with Gasteiger partial charge in [-0.1, -0.05) is 47.0 Å². The van der Waals surface area contributed by atoms with E-state index in [4.69, 9.17) is 5.73 Å². The largest absolute Gasteiger partial charge is 0.399 e. The molecule has 1 aromatic carbocycles. The van der Waals surface area contributed by atoms with Gasteiger partial charge in [0.05, 0.1) is 0 Å². The number of anilines is 1. The fraction of sp³-hybridized carbons (Fsp3) is 0.273. The summed E-state index contributed by atoms with van der Waals surface area (Å²) in [6.07, 6.45) is 2.01. The molecule has 2 rings (SSSR count). The van der Waals surface area contributed by atoms with Gasteiger partial charge in [-0.05, 0) is 30.9 Å². The van der Waals surface area contributed by atoms with Crippen LogP contribution in [0.3, 0.4) is 0 Å². The number of nitrogens with two attached hydrogens (primary N) is 1. The summed E-state index contributed by atoms with van der Waals surface area (Å²) in [4.78, 5) is 0. The number of nitrogens with zero attached hydrogens (tertiary/aromatic N) is 2. The first-order valence-electron chi connectivity index (χ1n) is 5.08. The summed E-state index contributed by atoms with van der Waals surface area (Å²) in [7, 11) is 0. The lowest BCUT2D eigenvalue weighted by atomic mass is 10.1. The SMILES string of the molecule is CSc1nnc(SC(C)c2ccc(N)cc2)s1. The molecule has 2 aromatic rings. The van der Waals surface area contributed by atoms with Crippen molar-refractivity contribution in [3.05, 3.63) is 29.8 Å². The van der Waals surface area contributed by atoms with Gasteiger partial charge in [-0.25, -0.2) is 0 Å². The number of aromatic nitrogens is 2. The molecule has 0 saturated heterocycles. The molecule has 1 aromatic heterocycles. The van der Waals surface area contributed by atoms with Crippen LogP contribution < -0.4 is 5.73 Å². The van der Waals surface area contributed by atoms with Crippen molar-refractivity contribution in [1.29, 1.82) is 0 Å². The molecule has 0 aliphatic rings. The molecular weight excluding hydrogens is 270 g/mol. The molecular formula is C11H13N3S3. The van der Waals surface area contributed by atoms with E-state index >= 15 is 0 Å². The number of rotatable bonds is 4. The molecule has 0 aliphatic carbocycles. The van der Waals surface area contributed by atoms with E-state index in [1.165, 1.54) is 5.56 Å². The maximum absolute atomic E-state index is 5.67. The summed E-state index contributed by atoms with van der Waals surface area (Å²) in [6, 6.07) is 7.98. The van der Waals surface area contributed by atoms with E-state index < -0.39 is 0 Å². The maximum atomic E-state index is 5.67. The standard InChI is InChI=1S/C11H13N3S3/c1-7(8-3-5-9(12)6-4-8)16-11-14-13-10(15-2)17-11/h3-7H,12H2,1-2H3. The van der Waals surface area contributed by atoms with Crippen LogP contribution in [0.15, 0.2) is 32.9 Å². The van der Waals surface area contributed by atoms with Crippen molar-refractivity contribution in [1.82, 2.24) is 10.2 Å². The topological polar surface area (TPSA) is 51.8 Å². The predicted octanol–water partition coefficient (Wildman–Crippen LogP) is 3.70. The molecule has 1 unspecified atom stereocenters. The molecule has 0 bridgehead atoms. The summed E-state index contributed by atoms with van der Waals surface area (Å²) in [5.74, 6) is 0. The third-order valence-electron chi connectivity index (χ3n) is 2.25. The first kappa shape index (κ1) is 12.7. The second-order valence-electron chi connectivity index (χ2n) is 3.46. The van der Waals surface area contributed by atoms with E-state index in [9.17, 15) is 0 Å². The van der Waals surface area contributed by atoms with Crippen LogP contribution in [0.4, 0.5) is 5.69 Å². The Hall–Kier alpha value is -0.720. The molecule has 17 heavy (non-hydrogen) atoms. The Morgan fingerprint density at radius 2 is 1.82 bits per heavy atom. The van der Waals surface area contributed by atoms with Gasteiger partial charge in [0.2, 0.25) is 0 Å².